The fourth-order valence-electron chi connectivity index (χ4n) is 1.83. The lowest BCUT2D eigenvalue weighted by Gasteiger charge is -2.08. The number of aromatic nitrogens is 5. The number of benzene rings is 1. The fraction of sp³-hybridized carbons (Fsp3) is 0.0769. The van der Waals surface area contributed by atoms with Gasteiger partial charge in [-0.05, 0) is 31.2 Å². The summed E-state index contributed by atoms with van der Waals surface area (Å²) in [6.07, 6.45) is 5.06. The molecule has 0 unspecified atom stereocenters. The van der Waals surface area contributed by atoms with Crippen LogP contribution in [0.25, 0.3) is 16.9 Å². The van der Waals surface area contributed by atoms with Gasteiger partial charge < -0.3 is 0 Å². The molecule has 3 aromatic rings. The minimum Gasteiger partial charge on any atom is -0.245 e. The molecular weight excluding hydrogens is 262 g/mol. The topological polar surface area (TPSA) is 56.5 Å². The molecule has 0 N–H and O–H groups in total. The maximum atomic E-state index is 6.07. The fourth-order valence-corrected chi connectivity index (χ4v) is 2.00. The van der Waals surface area contributed by atoms with Gasteiger partial charge in [0, 0.05) is 16.8 Å². The number of hydrogen-bond acceptors (Lipinski definition) is 4. The van der Waals surface area contributed by atoms with Gasteiger partial charge in [0.25, 0.3) is 0 Å². The summed E-state index contributed by atoms with van der Waals surface area (Å²) in [6, 6.07) is 7.40. The van der Waals surface area contributed by atoms with E-state index >= 15 is 0 Å². The van der Waals surface area contributed by atoms with Crippen molar-refractivity contribution in [2.24, 2.45) is 0 Å². The molecule has 6 heteroatoms. The number of nitrogens with zero attached hydrogens (tertiary/aromatic N) is 5. The van der Waals surface area contributed by atoms with E-state index in [-0.39, 0.29) is 0 Å². The minimum atomic E-state index is 0.647. The van der Waals surface area contributed by atoms with Crippen LogP contribution in [0.5, 0.6) is 0 Å². The summed E-state index contributed by atoms with van der Waals surface area (Å²) < 4.78 is 1.71. The predicted octanol–water partition coefficient (Wildman–Crippen LogP) is 2.69. The summed E-state index contributed by atoms with van der Waals surface area (Å²) in [6.45, 7) is 1.89. The Balaban J connectivity index is 2.20. The minimum absolute atomic E-state index is 0.647. The van der Waals surface area contributed by atoms with Gasteiger partial charge in [0.2, 0.25) is 0 Å². The molecular formula is C13H10ClN5. The van der Waals surface area contributed by atoms with Crippen molar-refractivity contribution in [2.75, 3.05) is 0 Å². The monoisotopic (exact) mass is 271 g/mol. The van der Waals surface area contributed by atoms with Gasteiger partial charge in [-0.15, -0.1) is 5.10 Å². The summed E-state index contributed by atoms with van der Waals surface area (Å²) in [4.78, 5) is 8.17. The number of rotatable bonds is 2. The molecule has 19 heavy (non-hydrogen) atoms. The van der Waals surface area contributed by atoms with Crippen LogP contribution in [0.3, 0.4) is 0 Å². The predicted molar refractivity (Wildman–Crippen MR) is 72.1 cm³/mol. The Kier molecular flexibility index (Phi) is 2.97. The van der Waals surface area contributed by atoms with Crippen molar-refractivity contribution in [1.29, 1.82) is 0 Å². The first-order valence-corrected chi connectivity index (χ1v) is 6.07. The van der Waals surface area contributed by atoms with Crippen molar-refractivity contribution < 1.29 is 0 Å². The van der Waals surface area contributed by atoms with E-state index in [1.165, 1.54) is 6.33 Å². The maximum Gasteiger partial charge on any atom is 0.116 e. The van der Waals surface area contributed by atoms with Gasteiger partial charge in [0.05, 0.1) is 23.3 Å². The SMILES string of the molecule is Cc1cn(-c2ccc(Cl)cc2-c2ccncn2)nn1. The van der Waals surface area contributed by atoms with Crippen molar-refractivity contribution in [3.63, 3.8) is 0 Å². The second-order valence-electron chi connectivity index (χ2n) is 4.06. The van der Waals surface area contributed by atoms with Crippen molar-refractivity contribution >= 4 is 11.6 Å². The molecule has 0 amide bonds. The van der Waals surface area contributed by atoms with Crippen LogP contribution >= 0.6 is 11.6 Å². The average Bonchev–Trinajstić information content (AvgIpc) is 2.86. The number of hydrogen-bond donors (Lipinski definition) is 0. The Morgan fingerprint density at radius 2 is 2.11 bits per heavy atom. The molecule has 5 nitrogen and oxygen atoms in total. The molecule has 94 valence electrons. The van der Waals surface area contributed by atoms with Crippen molar-refractivity contribution in [2.45, 2.75) is 6.92 Å². The van der Waals surface area contributed by atoms with Crippen LogP contribution in [0.2, 0.25) is 5.02 Å². The largest absolute Gasteiger partial charge is 0.245 e. The summed E-state index contributed by atoms with van der Waals surface area (Å²) in [7, 11) is 0. The normalized spacial score (nSPS) is 10.6. The van der Waals surface area contributed by atoms with Gasteiger partial charge in [-0.1, -0.05) is 16.8 Å². The van der Waals surface area contributed by atoms with Gasteiger partial charge in [-0.2, -0.15) is 0 Å². The van der Waals surface area contributed by atoms with Crippen molar-refractivity contribution in [3.05, 3.63) is 53.7 Å². The van der Waals surface area contributed by atoms with Gasteiger partial charge in [-0.3, -0.25) is 0 Å². The Bertz CT molecular complexity index is 708. The molecule has 0 fully saturated rings. The highest BCUT2D eigenvalue weighted by Gasteiger charge is 2.10. The van der Waals surface area contributed by atoms with Crippen LogP contribution in [-0.2, 0) is 0 Å². The number of aryl methyl sites for hydroxylation is 1. The highest BCUT2D eigenvalue weighted by molar-refractivity contribution is 6.31. The zero-order valence-corrected chi connectivity index (χ0v) is 10.9. The van der Waals surface area contributed by atoms with Crippen molar-refractivity contribution in [3.8, 4) is 16.9 Å². The Labute approximate surface area is 114 Å². The zero-order chi connectivity index (χ0) is 13.2. The highest BCUT2D eigenvalue weighted by Crippen LogP contribution is 2.27. The molecule has 2 heterocycles. The van der Waals surface area contributed by atoms with Crippen LogP contribution in [-0.4, -0.2) is 25.0 Å². The second-order valence-corrected chi connectivity index (χ2v) is 4.50. The van der Waals surface area contributed by atoms with Crippen LogP contribution < -0.4 is 0 Å². The van der Waals surface area contributed by atoms with Gasteiger partial charge in [-0.25, -0.2) is 14.6 Å². The van der Waals surface area contributed by atoms with Crippen LogP contribution in [0.15, 0.2) is 43.0 Å². The molecule has 0 saturated heterocycles. The molecule has 0 bridgehead atoms. The first-order valence-electron chi connectivity index (χ1n) is 5.69. The standard InChI is InChI=1S/C13H10ClN5/c1-9-7-19(18-17-9)13-3-2-10(14)6-11(13)12-4-5-15-8-16-12/h2-8H,1H3. The first kappa shape index (κ1) is 11.8. The summed E-state index contributed by atoms with van der Waals surface area (Å²) in [5.41, 5.74) is 3.41. The lowest BCUT2D eigenvalue weighted by Crippen LogP contribution is -1.99. The van der Waals surface area contributed by atoms with E-state index in [0.29, 0.717) is 5.02 Å². The third-order valence-corrected chi connectivity index (χ3v) is 2.91. The van der Waals surface area contributed by atoms with E-state index < -0.39 is 0 Å². The van der Waals surface area contributed by atoms with E-state index in [1.807, 2.05) is 37.4 Å². The summed E-state index contributed by atoms with van der Waals surface area (Å²) in [5, 5.41) is 8.73. The molecule has 0 aliphatic heterocycles. The third-order valence-electron chi connectivity index (χ3n) is 2.67. The van der Waals surface area contributed by atoms with Crippen molar-refractivity contribution in [1.82, 2.24) is 25.0 Å². The Morgan fingerprint density at radius 1 is 1.21 bits per heavy atom. The molecule has 0 spiro atoms. The van der Waals surface area contributed by atoms with Gasteiger partial charge >= 0.3 is 0 Å². The molecule has 3 rings (SSSR count). The molecule has 0 aliphatic rings. The first-order chi connectivity index (χ1) is 9.24. The van der Waals surface area contributed by atoms with E-state index in [2.05, 4.69) is 20.3 Å². The molecule has 0 radical (unpaired) electrons. The average molecular weight is 272 g/mol. The maximum absolute atomic E-state index is 6.07. The third kappa shape index (κ3) is 2.32. The van der Waals surface area contributed by atoms with E-state index in [4.69, 9.17) is 11.6 Å². The lowest BCUT2D eigenvalue weighted by atomic mass is 10.1. The molecule has 1 aromatic carbocycles. The van der Waals surface area contributed by atoms with E-state index in [1.54, 1.807) is 10.9 Å². The second kappa shape index (κ2) is 4.78. The smallest absolute Gasteiger partial charge is 0.116 e. The number of halogens is 1. The molecule has 0 atom stereocenters. The quantitative estimate of drug-likeness (QED) is 0.719. The zero-order valence-electron chi connectivity index (χ0n) is 10.2. The lowest BCUT2D eigenvalue weighted by molar-refractivity contribution is 0.801. The van der Waals surface area contributed by atoms with Gasteiger partial charge in [0.15, 0.2) is 0 Å². The molecule has 0 aliphatic carbocycles. The van der Waals surface area contributed by atoms with Crippen LogP contribution in [0.1, 0.15) is 5.69 Å². The summed E-state index contributed by atoms with van der Waals surface area (Å²) in [5.74, 6) is 0. The van der Waals surface area contributed by atoms with Crippen LogP contribution in [0, 0.1) is 6.92 Å². The summed E-state index contributed by atoms with van der Waals surface area (Å²) >= 11 is 6.07. The van der Waals surface area contributed by atoms with E-state index in [9.17, 15) is 0 Å². The Morgan fingerprint density at radius 3 is 2.79 bits per heavy atom. The Hall–Kier alpha value is -2.27. The molecule has 2 aromatic heterocycles. The van der Waals surface area contributed by atoms with Gasteiger partial charge in [0.1, 0.15) is 6.33 Å². The highest BCUT2D eigenvalue weighted by atomic mass is 35.5. The molecule has 0 saturated carbocycles. The van der Waals surface area contributed by atoms with Crippen LogP contribution in [0.4, 0.5) is 0 Å². The van der Waals surface area contributed by atoms with E-state index in [0.717, 1.165) is 22.6 Å².